The first kappa shape index (κ1) is 16.7. The maximum atomic E-state index is 4.58. The molecular weight excluding hydrogens is 325 g/mol. The summed E-state index contributed by atoms with van der Waals surface area (Å²) in [6.07, 6.45) is 10.4. The molecule has 0 saturated heterocycles. The van der Waals surface area contributed by atoms with E-state index in [-0.39, 0.29) is 24.0 Å². The molecule has 17 heavy (non-hydrogen) atoms. The molecule has 0 aromatic rings. The molecule has 0 heterocycles. The van der Waals surface area contributed by atoms with Gasteiger partial charge in [-0.3, -0.25) is 4.99 Å². The zero-order valence-electron chi connectivity index (χ0n) is 11.0. The van der Waals surface area contributed by atoms with Crippen LogP contribution in [0.2, 0.25) is 0 Å². The maximum absolute atomic E-state index is 4.58. The first-order chi connectivity index (χ1) is 7.86. The number of hydrogen-bond donors (Lipinski definition) is 2. The number of rotatable bonds is 6. The van der Waals surface area contributed by atoms with E-state index in [0.29, 0.717) is 6.04 Å². The molecule has 1 rings (SSSR count). The molecule has 0 atom stereocenters. The topological polar surface area (TPSA) is 36.4 Å². The molecule has 0 aromatic heterocycles. The molecule has 0 saturated carbocycles. The van der Waals surface area contributed by atoms with E-state index in [2.05, 4.69) is 41.6 Å². The van der Waals surface area contributed by atoms with Crippen LogP contribution >= 0.6 is 24.0 Å². The van der Waals surface area contributed by atoms with Gasteiger partial charge in [0.05, 0.1) is 0 Å². The van der Waals surface area contributed by atoms with Crippen LogP contribution in [-0.4, -0.2) is 25.1 Å². The molecule has 0 bridgehead atoms. The van der Waals surface area contributed by atoms with E-state index in [1.54, 1.807) is 0 Å². The van der Waals surface area contributed by atoms with Gasteiger partial charge in [-0.25, -0.2) is 0 Å². The monoisotopic (exact) mass is 351 g/mol. The van der Waals surface area contributed by atoms with Gasteiger partial charge in [0.25, 0.3) is 0 Å². The van der Waals surface area contributed by atoms with Gasteiger partial charge >= 0.3 is 0 Å². The molecule has 0 aromatic carbocycles. The third-order valence-electron chi connectivity index (χ3n) is 2.72. The lowest BCUT2D eigenvalue weighted by molar-refractivity contribution is 0.630. The number of unbranched alkanes of at least 4 members (excludes halogenated alkanes) is 2. The highest BCUT2D eigenvalue weighted by molar-refractivity contribution is 14.0. The van der Waals surface area contributed by atoms with Crippen molar-refractivity contribution in [3.8, 4) is 0 Å². The number of halogens is 1. The predicted octanol–water partition coefficient (Wildman–Crippen LogP) is 3.07. The zero-order valence-corrected chi connectivity index (χ0v) is 13.4. The van der Waals surface area contributed by atoms with Gasteiger partial charge < -0.3 is 10.6 Å². The second-order valence-electron chi connectivity index (χ2n) is 4.25. The van der Waals surface area contributed by atoms with E-state index >= 15 is 0 Å². The Bertz CT molecular complexity index is 231. The molecule has 0 unspecified atom stereocenters. The SMILES string of the molecule is CCCCCN=C(NCC)NC1CC=CC1.I. The molecule has 0 fully saturated rings. The lowest BCUT2D eigenvalue weighted by Gasteiger charge is -2.16. The fourth-order valence-corrected chi connectivity index (χ4v) is 1.80. The third-order valence-corrected chi connectivity index (χ3v) is 2.72. The van der Waals surface area contributed by atoms with E-state index in [4.69, 9.17) is 0 Å². The van der Waals surface area contributed by atoms with Crippen LogP contribution in [0.3, 0.4) is 0 Å². The first-order valence-electron chi connectivity index (χ1n) is 6.56. The van der Waals surface area contributed by atoms with Gasteiger partial charge in [-0.05, 0) is 26.2 Å². The Hall–Kier alpha value is -0.260. The van der Waals surface area contributed by atoms with Crippen LogP contribution < -0.4 is 10.6 Å². The van der Waals surface area contributed by atoms with Gasteiger partial charge in [-0.1, -0.05) is 31.9 Å². The Morgan fingerprint density at radius 2 is 1.94 bits per heavy atom. The minimum Gasteiger partial charge on any atom is -0.357 e. The van der Waals surface area contributed by atoms with Crippen molar-refractivity contribution in [1.29, 1.82) is 0 Å². The van der Waals surface area contributed by atoms with Crippen LogP contribution in [-0.2, 0) is 0 Å². The first-order valence-corrected chi connectivity index (χ1v) is 6.56. The lowest BCUT2D eigenvalue weighted by Crippen LogP contribution is -2.42. The average molecular weight is 351 g/mol. The van der Waals surface area contributed by atoms with Crippen molar-refractivity contribution < 1.29 is 0 Å². The van der Waals surface area contributed by atoms with Gasteiger partial charge in [0.15, 0.2) is 5.96 Å². The zero-order chi connectivity index (χ0) is 11.6. The Kier molecular flexibility index (Phi) is 10.7. The lowest BCUT2D eigenvalue weighted by atomic mass is 10.2. The van der Waals surface area contributed by atoms with E-state index in [0.717, 1.165) is 31.9 Å². The van der Waals surface area contributed by atoms with Crippen molar-refractivity contribution in [2.75, 3.05) is 13.1 Å². The average Bonchev–Trinajstić information content (AvgIpc) is 2.77. The van der Waals surface area contributed by atoms with E-state index < -0.39 is 0 Å². The van der Waals surface area contributed by atoms with E-state index in [9.17, 15) is 0 Å². The third kappa shape index (κ3) is 7.63. The summed E-state index contributed by atoms with van der Waals surface area (Å²) in [7, 11) is 0. The van der Waals surface area contributed by atoms with Crippen molar-refractivity contribution in [2.45, 2.75) is 52.0 Å². The Balaban J connectivity index is 0.00000256. The van der Waals surface area contributed by atoms with Crippen LogP contribution in [0.1, 0.15) is 46.0 Å². The summed E-state index contributed by atoms with van der Waals surface area (Å²) >= 11 is 0. The Morgan fingerprint density at radius 1 is 1.24 bits per heavy atom. The van der Waals surface area contributed by atoms with Gasteiger partial charge in [-0.15, -0.1) is 24.0 Å². The summed E-state index contributed by atoms with van der Waals surface area (Å²) < 4.78 is 0. The Labute approximate surface area is 123 Å². The molecule has 0 radical (unpaired) electrons. The highest BCUT2D eigenvalue weighted by Crippen LogP contribution is 2.08. The summed E-state index contributed by atoms with van der Waals surface area (Å²) in [5.41, 5.74) is 0. The summed E-state index contributed by atoms with van der Waals surface area (Å²) in [6.45, 7) is 6.19. The van der Waals surface area contributed by atoms with Crippen molar-refractivity contribution in [3.63, 3.8) is 0 Å². The van der Waals surface area contributed by atoms with E-state index in [1.165, 1.54) is 19.3 Å². The molecule has 0 spiro atoms. The quantitative estimate of drug-likeness (QED) is 0.254. The number of nitrogens with one attached hydrogen (secondary N) is 2. The molecule has 2 N–H and O–H groups in total. The van der Waals surface area contributed by atoms with Crippen LogP contribution in [0.25, 0.3) is 0 Å². The summed E-state index contributed by atoms with van der Waals surface area (Å²) in [4.78, 5) is 4.58. The molecule has 1 aliphatic rings. The molecule has 0 aliphatic heterocycles. The fraction of sp³-hybridized carbons (Fsp3) is 0.769. The summed E-state index contributed by atoms with van der Waals surface area (Å²) in [6, 6.07) is 0.545. The van der Waals surface area contributed by atoms with Crippen molar-refractivity contribution >= 4 is 29.9 Å². The highest BCUT2D eigenvalue weighted by atomic mass is 127. The maximum Gasteiger partial charge on any atom is 0.191 e. The van der Waals surface area contributed by atoms with Crippen LogP contribution in [0.15, 0.2) is 17.1 Å². The summed E-state index contributed by atoms with van der Waals surface area (Å²) in [5.74, 6) is 0.979. The number of guanidine groups is 1. The van der Waals surface area contributed by atoms with Crippen LogP contribution in [0, 0.1) is 0 Å². The molecule has 1 aliphatic carbocycles. The van der Waals surface area contributed by atoms with Gasteiger partial charge in [0.1, 0.15) is 0 Å². The van der Waals surface area contributed by atoms with Crippen LogP contribution in [0.5, 0.6) is 0 Å². The normalized spacial score (nSPS) is 15.8. The Morgan fingerprint density at radius 3 is 2.53 bits per heavy atom. The largest absolute Gasteiger partial charge is 0.357 e. The standard InChI is InChI=1S/C13H25N3.HI/c1-3-5-8-11-15-13(14-4-2)16-12-9-6-7-10-12;/h6-7,12H,3-5,8-11H2,1-2H3,(H2,14,15,16);1H. The van der Waals surface area contributed by atoms with E-state index in [1.807, 2.05) is 0 Å². The fourth-order valence-electron chi connectivity index (χ4n) is 1.80. The van der Waals surface area contributed by atoms with Gasteiger partial charge in [0.2, 0.25) is 0 Å². The van der Waals surface area contributed by atoms with Crippen molar-refractivity contribution in [2.24, 2.45) is 4.99 Å². The molecule has 100 valence electrons. The highest BCUT2D eigenvalue weighted by Gasteiger charge is 2.10. The minimum atomic E-state index is 0. The van der Waals surface area contributed by atoms with Gasteiger partial charge in [0, 0.05) is 19.1 Å². The van der Waals surface area contributed by atoms with Crippen molar-refractivity contribution in [3.05, 3.63) is 12.2 Å². The summed E-state index contributed by atoms with van der Waals surface area (Å²) in [5, 5.41) is 6.77. The second-order valence-corrected chi connectivity index (χ2v) is 4.25. The molecular formula is C13H26IN3. The number of hydrogen-bond acceptors (Lipinski definition) is 1. The second kappa shape index (κ2) is 10.9. The van der Waals surface area contributed by atoms with Crippen LogP contribution in [0.4, 0.5) is 0 Å². The van der Waals surface area contributed by atoms with Crippen molar-refractivity contribution in [1.82, 2.24) is 10.6 Å². The number of nitrogens with zero attached hydrogens (tertiary/aromatic N) is 1. The predicted molar refractivity (Wildman–Crippen MR) is 86.2 cm³/mol. The molecule has 4 heteroatoms. The molecule has 3 nitrogen and oxygen atoms in total. The smallest absolute Gasteiger partial charge is 0.191 e. The van der Waals surface area contributed by atoms with Gasteiger partial charge in [-0.2, -0.15) is 0 Å². The molecule has 0 amide bonds. The minimum absolute atomic E-state index is 0. The number of aliphatic imine (C=N–C) groups is 1.